The van der Waals surface area contributed by atoms with Crippen LogP contribution in [0.25, 0.3) is 11.1 Å². The van der Waals surface area contributed by atoms with Gasteiger partial charge in [0, 0.05) is 32.4 Å². The van der Waals surface area contributed by atoms with Gasteiger partial charge >= 0.3 is 5.76 Å². The number of nitrogens with one attached hydrogen (secondary N) is 2. The Hall–Kier alpha value is -2.16. The maximum Gasteiger partial charge on any atom is 0.419 e. The van der Waals surface area contributed by atoms with E-state index in [2.05, 4.69) is 10.6 Å². The molecule has 1 heterocycles. The molecular formula is C16H24N4O4. The number of aromatic nitrogens is 1. The first kappa shape index (κ1) is 18.2. The second kappa shape index (κ2) is 8.62. The van der Waals surface area contributed by atoms with E-state index >= 15 is 0 Å². The zero-order chi connectivity index (χ0) is 17.5. The molecule has 0 fully saturated rings. The maximum absolute atomic E-state index is 12.0. The molecule has 1 amide bonds. The van der Waals surface area contributed by atoms with E-state index in [0.29, 0.717) is 43.0 Å². The van der Waals surface area contributed by atoms with Gasteiger partial charge in [0.1, 0.15) is 0 Å². The molecule has 8 heteroatoms. The van der Waals surface area contributed by atoms with Gasteiger partial charge in [0.05, 0.1) is 18.7 Å². The molecule has 0 aliphatic carbocycles. The summed E-state index contributed by atoms with van der Waals surface area (Å²) in [5, 5.41) is 5.78. The summed E-state index contributed by atoms with van der Waals surface area (Å²) in [7, 11) is 5.49. The fourth-order valence-corrected chi connectivity index (χ4v) is 2.23. The molecule has 0 bridgehead atoms. The van der Waals surface area contributed by atoms with Crippen molar-refractivity contribution in [1.82, 2.24) is 14.8 Å². The monoisotopic (exact) mass is 336 g/mol. The van der Waals surface area contributed by atoms with Gasteiger partial charge in [-0.1, -0.05) is 0 Å². The predicted molar refractivity (Wildman–Crippen MR) is 92.4 cm³/mol. The summed E-state index contributed by atoms with van der Waals surface area (Å²) in [6.07, 6.45) is 0. The van der Waals surface area contributed by atoms with E-state index < -0.39 is 5.76 Å². The Morgan fingerprint density at radius 2 is 2.17 bits per heavy atom. The lowest BCUT2D eigenvalue weighted by Gasteiger charge is -2.10. The van der Waals surface area contributed by atoms with Crippen molar-refractivity contribution in [2.75, 3.05) is 52.8 Å². The van der Waals surface area contributed by atoms with E-state index in [9.17, 15) is 9.59 Å². The highest BCUT2D eigenvalue weighted by Crippen LogP contribution is 2.18. The highest BCUT2D eigenvalue weighted by molar-refractivity contribution is 5.94. The van der Waals surface area contributed by atoms with E-state index in [1.807, 2.05) is 19.0 Å². The summed E-state index contributed by atoms with van der Waals surface area (Å²) in [5.41, 5.74) is 1.81. The fourth-order valence-electron chi connectivity index (χ4n) is 2.23. The zero-order valence-corrected chi connectivity index (χ0v) is 14.3. The Bertz CT molecular complexity index is 735. The number of ether oxygens (including phenoxy) is 1. The number of likely N-dealkylation sites (N-methyl/N-ethyl adjacent to an activating group) is 1. The van der Waals surface area contributed by atoms with Crippen molar-refractivity contribution in [2.45, 2.75) is 6.54 Å². The molecule has 24 heavy (non-hydrogen) atoms. The van der Waals surface area contributed by atoms with Gasteiger partial charge in [0.15, 0.2) is 5.58 Å². The summed E-state index contributed by atoms with van der Waals surface area (Å²) in [4.78, 5) is 25.8. The number of anilines is 1. The van der Waals surface area contributed by atoms with Crippen molar-refractivity contribution < 1.29 is 13.9 Å². The standard InChI is InChI=1S/C16H24N4O4/c1-19(2)7-8-20-13-10-12(4-5-14(13)24-16(20)22)18-15(21)11-17-6-9-23-3/h4-5,10,17H,6-9,11H2,1-3H3,(H,18,21). The van der Waals surface area contributed by atoms with Gasteiger partial charge in [0.25, 0.3) is 0 Å². The number of oxazole rings is 1. The molecule has 8 nitrogen and oxygen atoms in total. The molecule has 0 radical (unpaired) electrons. The van der Waals surface area contributed by atoms with E-state index in [-0.39, 0.29) is 12.5 Å². The second-order valence-corrected chi connectivity index (χ2v) is 5.72. The lowest BCUT2D eigenvalue weighted by Crippen LogP contribution is -2.30. The molecule has 0 unspecified atom stereocenters. The van der Waals surface area contributed by atoms with Crippen molar-refractivity contribution in [1.29, 1.82) is 0 Å². The molecule has 2 N–H and O–H groups in total. The van der Waals surface area contributed by atoms with Crippen LogP contribution >= 0.6 is 0 Å². The van der Waals surface area contributed by atoms with Crippen LogP contribution in [-0.4, -0.2) is 62.8 Å². The molecule has 0 aliphatic rings. The van der Waals surface area contributed by atoms with Crippen LogP contribution in [-0.2, 0) is 16.1 Å². The zero-order valence-electron chi connectivity index (χ0n) is 14.3. The van der Waals surface area contributed by atoms with Crippen LogP contribution in [0.15, 0.2) is 27.4 Å². The summed E-state index contributed by atoms with van der Waals surface area (Å²) >= 11 is 0. The summed E-state index contributed by atoms with van der Waals surface area (Å²) in [5.74, 6) is -0.548. The van der Waals surface area contributed by atoms with Gasteiger partial charge in [-0.05, 0) is 32.3 Å². The topological polar surface area (TPSA) is 88.7 Å². The predicted octanol–water partition coefficient (Wildman–Crippen LogP) is 0.331. The normalized spacial score (nSPS) is 11.3. The maximum atomic E-state index is 12.0. The average Bonchev–Trinajstić information content (AvgIpc) is 2.84. The number of carbonyl (C=O) groups is 1. The van der Waals surface area contributed by atoms with Gasteiger partial charge in [-0.15, -0.1) is 0 Å². The van der Waals surface area contributed by atoms with Crippen molar-refractivity contribution in [3.05, 3.63) is 28.7 Å². The van der Waals surface area contributed by atoms with Crippen molar-refractivity contribution in [2.24, 2.45) is 0 Å². The Labute approximate surface area is 140 Å². The van der Waals surface area contributed by atoms with Crippen molar-refractivity contribution in [3.8, 4) is 0 Å². The highest BCUT2D eigenvalue weighted by Gasteiger charge is 2.11. The van der Waals surface area contributed by atoms with Crippen LogP contribution in [0.3, 0.4) is 0 Å². The molecule has 2 rings (SSSR count). The van der Waals surface area contributed by atoms with E-state index in [4.69, 9.17) is 9.15 Å². The molecule has 132 valence electrons. The van der Waals surface area contributed by atoms with Crippen LogP contribution < -0.4 is 16.4 Å². The van der Waals surface area contributed by atoms with E-state index in [1.165, 1.54) is 0 Å². The van der Waals surface area contributed by atoms with Gasteiger partial charge < -0.3 is 24.7 Å². The number of methoxy groups -OCH3 is 1. The number of amides is 1. The molecular weight excluding hydrogens is 312 g/mol. The van der Waals surface area contributed by atoms with Crippen molar-refractivity contribution >= 4 is 22.7 Å². The summed E-state index contributed by atoms with van der Waals surface area (Å²) in [6.45, 7) is 2.59. The van der Waals surface area contributed by atoms with Gasteiger partial charge in [-0.25, -0.2) is 4.79 Å². The second-order valence-electron chi connectivity index (χ2n) is 5.72. The first-order valence-electron chi connectivity index (χ1n) is 7.79. The minimum absolute atomic E-state index is 0.156. The van der Waals surface area contributed by atoms with E-state index in [0.717, 1.165) is 0 Å². The average molecular weight is 336 g/mol. The third-order valence-corrected chi connectivity index (χ3v) is 3.49. The number of rotatable bonds is 9. The van der Waals surface area contributed by atoms with Crippen LogP contribution in [0.4, 0.5) is 5.69 Å². The molecule has 1 aromatic heterocycles. The number of nitrogens with zero attached hydrogens (tertiary/aromatic N) is 2. The smallest absolute Gasteiger partial charge is 0.408 e. The fraction of sp³-hybridized carbons (Fsp3) is 0.500. The molecule has 0 saturated heterocycles. The minimum Gasteiger partial charge on any atom is -0.408 e. The summed E-state index contributed by atoms with van der Waals surface area (Å²) < 4.78 is 11.7. The number of fused-ring (bicyclic) bond motifs is 1. The lowest BCUT2D eigenvalue weighted by atomic mass is 10.2. The molecule has 0 aliphatic heterocycles. The SMILES string of the molecule is COCCNCC(=O)Nc1ccc2oc(=O)n(CCN(C)C)c2c1. The van der Waals surface area contributed by atoms with Crippen LogP contribution in [0.2, 0.25) is 0 Å². The van der Waals surface area contributed by atoms with E-state index in [1.54, 1.807) is 29.9 Å². The molecule has 0 spiro atoms. The molecule has 0 atom stereocenters. The highest BCUT2D eigenvalue weighted by atomic mass is 16.5. The Balaban J connectivity index is 2.07. The van der Waals surface area contributed by atoms with Crippen molar-refractivity contribution in [3.63, 3.8) is 0 Å². The third-order valence-electron chi connectivity index (χ3n) is 3.49. The quantitative estimate of drug-likeness (QED) is 0.642. The van der Waals surface area contributed by atoms with Crippen LogP contribution in [0, 0.1) is 0 Å². The van der Waals surface area contributed by atoms with Gasteiger partial charge in [-0.2, -0.15) is 0 Å². The Morgan fingerprint density at radius 1 is 1.38 bits per heavy atom. The first-order chi connectivity index (χ1) is 11.5. The molecule has 2 aromatic rings. The number of hydrogen-bond acceptors (Lipinski definition) is 6. The number of benzene rings is 1. The van der Waals surface area contributed by atoms with Crippen LogP contribution in [0.5, 0.6) is 0 Å². The Morgan fingerprint density at radius 3 is 2.88 bits per heavy atom. The minimum atomic E-state index is -0.392. The van der Waals surface area contributed by atoms with Crippen LogP contribution in [0.1, 0.15) is 0 Å². The number of hydrogen-bond donors (Lipinski definition) is 2. The van der Waals surface area contributed by atoms with Gasteiger partial charge in [-0.3, -0.25) is 9.36 Å². The number of carbonyl (C=O) groups excluding carboxylic acids is 1. The third kappa shape index (κ3) is 4.92. The molecule has 1 aromatic carbocycles. The lowest BCUT2D eigenvalue weighted by molar-refractivity contribution is -0.115. The summed E-state index contributed by atoms with van der Waals surface area (Å²) in [6, 6.07) is 5.16. The first-order valence-corrected chi connectivity index (χ1v) is 7.79. The Kier molecular flexibility index (Phi) is 6.53. The molecule has 0 saturated carbocycles. The van der Waals surface area contributed by atoms with Gasteiger partial charge in [0.2, 0.25) is 5.91 Å². The largest absolute Gasteiger partial charge is 0.419 e.